The summed E-state index contributed by atoms with van der Waals surface area (Å²) in [6.07, 6.45) is 0. The van der Waals surface area contributed by atoms with E-state index in [2.05, 4.69) is 54.0 Å². The molecular formula is C14H21ClN2S. The Bertz CT molecular complexity index is 401. The number of hydrogen-bond acceptors (Lipinski definition) is 3. The number of benzene rings is 1. The van der Waals surface area contributed by atoms with Crippen molar-refractivity contribution in [1.82, 2.24) is 5.32 Å². The normalized spacial score (nSPS) is 24.3. The minimum Gasteiger partial charge on any atom is -0.369 e. The summed E-state index contributed by atoms with van der Waals surface area (Å²) >= 11 is 8.40. The number of anilines is 1. The fourth-order valence-electron chi connectivity index (χ4n) is 2.46. The number of hydrogen-bond donors (Lipinski definition) is 1. The highest BCUT2D eigenvalue weighted by Crippen LogP contribution is 2.30. The van der Waals surface area contributed by atoms with E-state index in [0.717, 1.165) is 30.2 Å². The first-order valence-corrected chi connectivity index (χ1v) is 7.75. The summed E-state index contributed by atoms with van der Waals surface area (Å²) in [7, 11) is 1.94. The molecule has 1 aromatic rings. The van der Waals surface area contributed by atoms with Gasteiger partial charge in [-0.1, -0.05) is 31.5 Å². The number of halogens is 1. The van der Waals surface area contributed by atoms with Crippen LogP contribution in [-0.4, -0.2) is 30.6 Å². The predicted molar refractivity (Wildman–Crippen MR) is 82.9 cm³/mol. The molecular weight excluding hydrogens is 264 g/mol. The summed E-state index contributed by atoms with van der Waals surface area (Å²) in [6, 6.07) is 6.42. The maximum atomic E-state index is 6.33. The monoisotopic (exact) mass is 284 g/mol. The molecule has 1 fully saturated rings. The molecule has 1 heterocycles. The molecule has 2 rings (SSSR count). The Kier molecular flexibility index (Phi) is 4.82. The second-order valence-corrected chi connectivity index (χ2v) is 7.26. The van der Waals surface area contributed by atoms with Gasteiger partial charge < -0.3 is 10.2 Å². The van der Waals surface area contributed by atoms with Crippen LogP contribution in [0, 0.1) is 0 Å². The van der Waals surface area contributed by atoms with E-state index in [1.807, 2.05) is 7.05 Å². The first kappa shape index (κ1) is 14.0. The minimum atomic E-state index is 0.685. The smallest absolute Gasteiger partial charge is 0.0471 e. The summed E-state index contributed by atoms with van der Waals surface area (Å²) in [5.74, 6) is 0. The third-order valence-corrected chi connectivity index (χ3v) is 4.77. The zero-order valence-electron chi connectivity index (χ0n) is 11.2. The van der Waals surface area contributed by atoms with Crippen molar-refractivity contribution in [3.63, 3.8) is 0 Å². The average molecular weight is 285 g/mol. The first-order valence-electron chi connectivity index (χ1n) is 6.43. The fourth-order valence-corrected chi connectivity index (χ4v) is 4.02. The lowest BCUT2D eigenvalue weighted by Crippen LogP contribution is -2.40. The SMILES string of the molecule is CNCc1ccc(N2CC(C)SC(C)C2)cc1Cl. The molecule has 0 radical (unpaired) electrons. The second-order valence-electron chi connectivity index (χ2n) is 4.97. The zero-order valence-corrected chi connectivity index (χ0v) is 12.8. The van der Waals surface area contributed by atoms with Crippen molar-refractivity contribution in [1.29, 1.82) is 0 Å². The number of nitrogens with one attached hydrogen (secondary N) is 1. The van der Waals surface area contributed by atoms with Crippen LogP contribution in [0.1, 0.15) is 19.4 Å². The van der Waals surface area contributed by atoms with Gasteiger partial charge in [-0.05, 0) is 24.7 Å². The van der Waals surface area contributed by atoms with Gasteiger partial charge in [0, 0.05) is 40.8 Å². The predicted octanol–water partition coefficient (Wildman–Crippen LogP) is 3.39. The van der Waals surface area contributed by atoms with Crippen molar-refractivity contribution in [2.45, 2.75) is 30.9 Å². The van der Waals surface area contributed by atoms with Crippen LogP contribution in [0.2, 0.25) is 5.02 Å². The van der Waals surface area contributed by atoms with Crippen LogP contribution in [0.25, 0.3) is 0 Å². The highest BCUT2D eigenvalue weighted by Gasteiger charge is 2.22. The molecule has 0 bridgehead atoms. The van der Waals surface area contributed by atoms with Crippen molar-refractivity contribution >= 4 is 29.1 Å². The van der Waals surface area contributed by atoms with E-state index in [1.165, 1.54) is 5.69 Å². The van der Waals surface area contributed by atoms with Gasteiger partial charge in [0.25, 0.3) is 0 Å². The molecule has 4 heteroatoms. The molecule has 1 aromatic carbocycles. The number of rotatable bonds is 3. The first-order chi connectivity index (χ1) is 8.60. The maximum absolute atomic E-state index is 6.33. The summed E-state index contributed by atoms with van der Waals surface area (Å²) in [6.45, 7) is 7.63. The highest BCUT2D eigenvalue weighted by atomic mass is 35.5. The lowest BCUT2D eigenvalue weighted by Gasteiger charge is -2.36. The molecule has 0 saturated carbocycles. The van der Waals surface area contributed by atoms with Crippen molar-refractivity contribution in [2.75, 3.05) is 25.0 Å². The molecule has 1 N–H and O–H groups in total. The van der Waals surface area contributed by atoms with Gasteiger partial charge in [0.15, 0.2) is 0 Å². The van der Waals surface area contributed by atoms with Gasteiger partial charge in [-0.15, -0.1) is 0 Å². The molecule has 2 unspecified atom stereocenters. The highest BCUT2D eigenvalue weighted by molar-refractivity contribution is 8.00. The van der Waals surface area contributed by atoms with E-state index in [-0.39, 0.29) is 0 Å². The van der Waals surface area contributed by atoms with E-state index in [9.17, 15) is 0 Å². The fraction of sp³-hybridized carbons (Fsp3) is 0.571. The summed E-state index contributed by atoms with van der Waals surface area (Å²) in [4.78, 5) is 2.45. The van der Waals surface area contributed by atoms with Gasteiger partial charge in [0.05, 0.1) is 0 Å². The molecule has 0 aromatic heterocycles. The molecule has 2 nitrogen and oxygen atoms in total. The van der Waals surface area contributed by atoms with Gasteiger partial charge in [0.2, 0.25) is 0 Å². The van der Waals surface area contributed by atoms with Crippen LogP contribution in [0.3, 0.4) is 0 Å². The Balaban J connectivity index is 2.15. The van der Waals surface area contributed by atoms with Crippen LogP contribution in [0.4, 0.5) is 5.69 Å². The average Bonchev–Trinajstić information content (AvgIpc) is 2.30. The number of nitrogens with zero attached hydrogens (tertiary/aromatic N) is 1. The van der Waals surface area contributed by atoms with E-state index in [0.29, 0.717) is 10.5 Å². The lowest BCUT2D eigenvalue weighted by molar-refractivity contribution is 0.727. The molecule has 18 heavy (non-hydrogen) atoms. The Morgan fingerprint density at radius 1 is 1.33 bits per heavy atom. The Hall–Kier alpha value is -0.380. The third kappa shape index (κ3) is 3.34. The van der Waals surface area contributed by atoms with Gasteiger partial charge in [-0.3, -0.25) is 0 Å². The van der Waals surface area contributed by atoms with Gasteiger partial charge >= 0.3 is 0 Å². The van der Waals surface area contributed by atoms with Crippen LogP contribution in [0.5, 0.6) is 0 Å². The quantitative estimate of drug-likeness (QED) is 0.916. The summed E-state index contributed by atoms with van der Waals surface area (Å²) < 4.78 is 0. The van der Waals surface area contributed by atoms with Gasteiger partial charge in [0.1, 0.15) is 0 Å². The van der Waals surface area contributed by atoms with Crippen molar-refractivity contribution < 1.29 is 0 Å². The third-order valence-electron chi connectivity index (χ3n) is 3.19. The maximum Gasteiger partial charge on any atom is 0.0471 e. The van der Waals surface area contributed by atoms with Crippen LogP contribution in [-0.2, 0) is 6.54 Å². The summed E-state index contributed by atoms with van der Waals surface area (Å²) in [5.41, 5.74) is 2.41. The van der Waals surface area contributed by atoms with Crippen molar-refractivity contribution in [3.05, 3.63) is 28.8 Å². The molecule has 100 valence electrons. The second kappa shape index (κ2) is 6.18. The molecule has 1 aliphatic heterocycles. The van der Waals surface area contributed by atoms with Gasteiger partial charge in [-0.25, -0.2) is 0 Å². The van der Waals surface area contributed by atoms with Crippen LogP contribution < -0.4 is 10.2 Å². The molecule has 1 saturated heterocycles. The Labute approximate surface area is 119 Å². The molecule has 1 aliphatic rings. The molecule has 0 amide bonds. The van der Waals surface area contributed by atoms with Crippen LogP contribution in [0.15, 0.2) is 18.2 Å². The minimum absolute atomic E-state index is 0.685. The molecule has 2 atom stereocenters. The van der Waals surface area contributed by atoms with Gasteiger partial charge in [-0.2, -0.15) is 11.8 Å². The lowest BCUT2D eigenvalue weighted by atomic mass is 10.1. The topological polar surface area (TPSA) is 15.3 Å². The van der Waals surface area contributed by atoms with Crippen LogP contribution >= 0.6 is 23.4 Å². The largest absolute Gasteiger partial charge is 0.369 e. The Morgan fingerprint density at radius 2 is 2.00 bits per heavy atom. The van der Waals surface area contributed by atoms with Crippen molar-refractivity contribution in [3.8, 4) is 0 Å². The van der Waals surface area contributed by atoms with E-state index in [1.54, 1.807) is 0 Å². The van der Waals surface area contributed by atoms with E-state index in [4.69, 9.17) is 11.6 Å². The molecule has 0 spiro atoms. The van der Waals surface area contributed by atoms with Crippen molar-refractivity contribution in [2.24, 2.45) is 0 Å². The molecule has 0 aliphatic carbocycles. The van der Waals surface area contributed by atoms with E-state index >= 15 is 0 Å². The zero-order chi connectivity index (χ0) is 13.1. The summed E-state index contributed by atoms with van der Waals surface area (Å²) in [5, 5.41) is 5.37. The van der Waals surface area contributed by atoms with E-state index < -0.39 is 0 Å². The standard InChI is InChI=1S/C14H21ClN2S/c1-10-8-17(9-11(2)18-10)13-5-4-12(7-16-3)14(15)6-13/h4-6,10-11,16H,7-9H2,1-3H3. The number of thioether (sulfide) groups is 1. The Morgan fingerprint density at radius 3 is 2.56 bits per heavy atom.